The molecule has 2 nitrogen and oxygen atoms in total. The normalized spacial score (nSPS) is 22.3. The molecule has 3 heteroatoms. The zero-order valence-corrected chi connectivity index (χ0v) is 13.9. The molecule has 0 saturated heterocycles. The highest BCUT2D eigenvalue weighted by Crippen LogP contribution is 2.48. The van der Waals surface area contributed by atoms with Crippen molar-refractivity contribution in [3.63, 3.8) is 0 Å². The van der Waals surface area contributed by atoms with Gasteiger partial charge in [-0.15, -0.1) is 11.3 Å². The van der Waals surface area contributed by atoms with Crippen molar-refractivity contribution < 1.29 is 9.84 Å². The minimum atomic E-state index is -0.555. The first-order valence-corrected chi connectivity index (χ1v) is 8.55. The van der Waals surface area contributed by atoms with Crippen LogP contribution in [0, 0.1) is 5.41 Å². The first kappa shape index (κ1) is 15.0. The zero-order valence-electron chi connectivity index (χ0n) is 13.1. The topological polar surface area (TPSA) is 29.5 Å². The molecule has 2 aromatic rings. The monoisotopic (exact) mass is 304 g/mol. The van der Waals surface area contributed by atoms with Gasteiger partial charge in [-0.3, -0.25) is 0 Å². The van der Waals surface area contributed by atoms with Gasteiger partial charge in [-0.05, 0) is 47.9 Å². The Labute approximate surface area is 130 Å². The van der Waals surface area contributed by atoms with Crippen molar-refractivity contribution in [2.75, 3.05) is 7.11 Å². The van der Waals surface area contributed by atoms with Gasteiger partial charge in [-0.1, -0.05) is 32.0 Å². The Morgan fingerprint density at radius 2 is 1.86 bits per heavy atom. The summed E-state index contributed by atoms with van der Waals surface area (Å²) in [4.78, 5) is 0. The smallest absolute Gasteiger partial charge is 0.109 e. The molecule has 0 aliphatic heterocycles. The second-order valence-corrected chi connectivity index (χ2v) is 7.94. The molecule has 1 aliphatic rings. The van der Waals surface area contributed by atoms with Crippen LogP contribution < -0.4 is 0 Å². The molecule has 0 radical (unpaired) electrons. The van der Waals surface area contributed by atoms with E-state index in [0.29, 0.717) is 5.41 Å². The van der Waals surface area contributed by atoms with Crippen LogP contribution in [0.25, 0.3) is 10.1 Å². The van der Waals surface area contributed by atoms with Gasteiger partial charge < -0.3 is 9.84 Å². The lowest BCUT2D eigenvalue weighted by Gasteiger charge is -2.45. The van der Waals surface area contributed by atoms with Crippen molar-refractivity contribution in [2.24, 2.45) is 5.41 Å². The number of methoxy groups -OCH3 is 1. The van der Waals surface area contributed by atoms with Gasteiger partial charge >= 0.3 is 0 Å². The van der Waals surface area contributed by atoms with Crippen molar-refractivity contribution in [1.29, 1.82) is 0 Å². The SMILES string of the molecule is COC1(C(O)c2cccc3ccsc23)CCC(C)(C)CC1. The van der Waals surface area contributed by atoms with Crippen molar-refractivity contribution in [3.05, 3.63) is 35.2 Å². The fourth-order valence-electron chi connectivity index (χ4n) is 3.45. The van der Waals surface area contributed by atoms with E-state index < -0.39 is 11.7 Å². The summed E-state index contributed by atoms with van der Waals surface area (Å²) in [5.41, 5.74) is 0.939. The highest BCUT2D eigenvalue weighted by atomic mass is 32.1. The van der Waals surface area contributed by atoms with Crippen LogP contribution in [0.1, 0.15) is 51.2 Å². The summed E-state index contributed by atoms with van der Waals surface area (Å²) in [7, 11) is 1.75. The van der Waals surface area contributed by atoms with E-state index in [2.05, 4.69) is 31.4 Å². The third-order valence-electron chi connectivity index (χ3n) is 5.16. The first-order valence-electron chi connectivity index (χ1n) is 7.67. The minimum absolute atomic E-state index is 0.358. The molecule has 1 aliphatic carbocycles. The maximum atomic E-state index is 11.1. The Morgan fingerprint density at radius 1 is 1.14 bits per heavy atom. The highest BCUT2D eigenvalue weighted by molar-refractivity contribution is 7.17. The predicted octanol–water partition coefficient (Wildman–Crippen LogP) is 4.92. The summed E-state index contributed by atoms with van der Waals surface area (Å²) in [6.07, 6.45) is 3.47. The Balaban J connectivity index is 1.96. The average Bonchev–Trinajstić information content (AvgIpc) is 2.95. The molecule has 1 heterocycles. The molecule has 0 amide bonds. The summed E-state index contributed by atoms with van der Waals surface area (Å²) >= 11 is 1.70. The molecule has 0 spiro atoms. The van der Waals surface area contributed by atoms with E-state index in [0.717, 1.165) is 31.2 Å². The van der Waals surface area contributed by atoms with E-state index in [1.54, 1.807) is 18.4 Å². The van der Waals surface area contributed by atoms with Crippen LogP contribution in [0.4, 0.5) is 0 Å². The summed E-state index contributed by atoms with van der Waals surface area (Å²) in [5, 5.41) is 14.4. The third kappa shape index (κ3) is 2.63. The molecular formula is C18H24O2S. The zero-order chi connectivity index (χ0) is 15.1. The maximum Gasteiger partial charge on any atom is 0.109 e. The lowest BCUT2D eigenvalue weighted by molar-refractivity contribution is -0.137. The number of hydrogen-bond acceptors (Lipinski definition) is 3. The van der Waals surface area contributed by atoms with Gasteiger partial charge in [0.05, 0.1) is 5.60 Å². The van der Waals surface area contributed by atoms with Gasteiger partial charge in [-0.2, -0.15) is 0 Å². The second-order valence-electron chi connectivity index (χ2n) is 7.02. The lowest BCUT2D eigenvalue weighted by Crippen LogP contribution is -2.43. The number of aliphatic hydroxyl groups excluding tert-OH is 1. The maximum absolute atomic E-state index is 11.1. The van der Waals surface area contributed by atoms with Gasteiger partial charge in [0, 0.05) is 17.4 Å². The molecule has 1 N–H and O–H groups in total. The molecule has 21 heavy (non-hydrogen) atoms. The van der Waals surface area contributed by atoms with Gasteiger partial charge in [0.15, 0.2) is 0 Å². The number of hydrogen-bond donors (Lipinski definition) is 1. The van der Waals surface area contributed by atoms with Crippen molar-refractivity contribution in [3.8, 4) is 0 Å². The summed E-state index contributed by atoms with van der Waals surface area (Å²) in [5.74, 6) is 0. The van der Waals surface area contributed by atoms with Crippen LogP contribution in [0.3, 0.4) is 0 Å². The number of rotatable bonds is 3. The molecule has 1 unspecified atom stereocenters. The highest BCUT2D eigenvalue weighted by Gasteiger charge is 2.44. The van der Waals surface area contributed by atoms with Crippen LogP contribution in [0.15, 0.2) is 29.6 Å². The molecule has 1 aromatic carbocycles. The fourth-order valence-corrected chi connectivity index (χ4v) is 4.39. The van der Waals surface area contributed by atoms with Gasteiger partial charge in [-0.25, -0.2) is 0 Å². The van der Waals surface area contributed by atoms with Crippen LogP contribution in [0.2, 0.25) is 0 Å². The number of thiophene rings is 1. The van der Waals surface area contributed by atoms with E-state index in [9.17, 15) is 5.11 Å². The van der Waals surface area contributed by atoms with Crippen LogP contribution >= 0.6 is 11.3 Å². The Bertz CT molecular complexity index is 619. The fraction of sp³-hybridized carbons (Fsp3) is 0.556. The quantitative estimate of drug-likeness (QED) is 0.872. The number of benzene rings is 1. The Hall–Kier alpha value is -0.900. The summed E-state index contributed by atoms with van der Waals surface area (Å²) in [6, 6.07) is 8.29. The van der Waals surface area contributed by atoms with E-state index in [1.165, 1.54) is 10.1 Å². The summed E-state index contributed by atoms with van der Waals surface area (Å²) < 4.78 is 7.05. The number of ether oxygens (including phenoxy) is 1. The van der Waals surface area contributed by atoms with Gasteiger partial charge in [0.25, 0.3) is 0 Å². The molecular weight excluding hydrogens is 280 g/mol. The lowest BCUT2D eigenvalue weighted by atomic mass is 9.68. The molecule has 1 fully saturated rings. The van der Waals surface area contributed by atoms with E-state index >= 15 is 0 Å². The van der Waals surface area contributed by atoms with E-state index in [-0.39, 0.29) is 0 Å². The van der Waals surface area contributed by atoms with Gasteiger partial charge in [0.2, 0.25) is 0 Å². The molecule has 1 saturated carbocycles. The Kier molecular flexibility index (Phi) is 3.85. The number of fused-ring (bicyclic) bond motifs is 1. The number of aliphatic hydroxyl groups is 1. The second kappa shape index (κ2) is 5.38. The van der Waals surface area contributed by atoms with Crippen LogP contribution in [0.5, 0.6) is 0 Å². The molecule has 1 atom stereocenters. The van der Waals surface area contributed by atoms with Gasteiger partial charge in [0.1, 0.15) is 6.10 Å². The molecule has 0 bridgehead atoms. The molecule has 1 aromatic heterocycles. The molecule has 114 valence electrons. The van der Waals surface area contributed by atoms with Crippen LogP contribution in [-0.4, -0.2) is 17.8 Å². The average molecular weight is 304 g/mol. The minimum Gasteiger partial charge on any atom is -0.385 e. The third-order valence-corrected chi connectivity index (χ3v) is 6.14. The van der Waals surface area contributed by atoms with Crippen molar-refractivity contribution in [1.82, 2.24) is 0 Å². The first-order chi connectivity index (χ1) is 9.97. The Morgan fingerprint density at radius 3 is 2.52 bits per heavy atom. The van der Waals surface area contributed by atoms with Crippen molar-refractivity contribution >= 4 is 21.4 Å². The molecule has 3 rings (SSSR count). The predicted molar refractivity (Wildman–Crippen MR) is 88.8 cm³/mol. The van der Waals surface area contributed by atoms with Crippen LogP contribution in [-0.2, 0) is 4.74 Å². The standard InChI is InChI=1S/C18H24O2S/c1-17(2)8-10-18(20-3,11-9-17)16(19)14-6-4-5-13-7-12-21-15(13)14/h4-7,12,16,19H,8-11H2,1-3H3. The van der Waals surface area contributed by atoms with Crippen molar-refractivity contribution in [2.45, 2.75) is 51.2 Å². The van der Waals surface area contributed by atoms with E-state index in [1.807, 2.05) is 12.1 Å². The summed E-state index contributed by atoms with van der Waals surface area (Å²) in [6.45, 7) is 4.61. The van der Waals surface area contributed by atoms with E-state index in [4.69, 9.17) is 4.74 Å². The largest absolute Gasteiger partial charge is 0.385 e.